The summed E-state index contributed by atoms with van der Waals surface area (Å²) in [4.78, 5) is 16.2. The molecule has 0 spiro atoms. The zero-order chi connectivity index (χ0) is 19.5. The van der Waals surface area contributed by atoms with Crippen LogP contribution in [0, 0.1) is 0 Å². The number of rotatable bonds is 4. The maximum Gasteiger partial charge on any atom is 0.280 e. The van der Waals surface area contributed by atoms with Gasteiger partial charge in [0.2, 0.25) is 0 Å². The molecule has 148 valence electrons. The molecule has 8 nitrogen and oxygen atoms in total. The predicted octanol–water partition coefficient (Wildman–Crippen LogP) is 3.42. The summed E-state index contributed by atoms with van der Waals surface area (Å²) in [6.45, 7) is 0.907. The van der Waals surface area contributed by atoms with Crippen LogP contribution in [-0.4, -0.2) is 48.8 Å². The van der Waals surface area contributed by atoms with Gasteiger partial charge in [-0.05, 0) is 37.8 Å². The maximum atomic E-state index is 9.85. The van der Waals surface area contributed by atoms with E-state index in [1.54, 1.807) is 6.33 Å². The van der Waals surface area contributed by atoms with Crippen molar-refractivity contribution in [2.75, 3.05) is 18.1 Å². The zero-order valence-corrected chi connectivity index (χ0v) is 16.4. The van der Waals surface area contributed by atoms with Crippen molar-refractivity contribution in [2.45, 2.75) is 37.6 Å². The highest BCUT2D eigenvalue weighted by molar-refractivity contribution is 6.36. The van der Waals surface area contributed by atoms with E-state index in [1.807, 2.05) is 22.6 Å². The van der Waals surface area contributed by atoms with Crippen LogP contribution in [0.1, 0.15) is 37.4 Å². The van der Waals surface area contributed by atoms with E-state index in [1.165, 1.54) is 0 Å². The van der Waals surface area contributed by atoms with Crippen molar-refractivity contribution < 1.29 is 9.63 Å². The number of hydrogen-bond donors (Lipinski definition) is 1. The minimum absolute atomic E-state index is 0.0284. The van der Waals surface area contributed by atoms with Crippen molar-refractivity contribution >= 4 is 34.0 Å². The van der Waals surface area contributed by atoms with Gasteiger partial charge in [-0.15, -0.1) is 0 Å². The fourth-order valence-electron chi connectivity index (χ4n) is 4.22. The maximum absolute atomic E-state index is 9.85. The quantitative estimate of drug-likeness (QED) is 0.551. The van der Waals surface area contributed by atoms with Crippen molar-refractivity contribution in [2.24, 2.45) is 0 Å². The summed E-state index contributed by atoms with van der Waals surface area (Å²) in [7, 11) is 0. The zero-order valence-electron chi connectivity index (χ0n) is 15.6. The predicted molar refractivity (Wildman–Crippen MR) is 108 cm³/mol. The first kappa shape index (κ1) is 17.2. The number of benzene rings is 1. The van der Waals surface area contributed by atoms with Crippen LogP contribution in [-0.2, 0) is 0 Å². The van der Waals surface area contributed by atoms with Gasteiger partial charge in [-0.25, -0.2) is 9.97 Å². The summed E-state index contributed by atoms with van der Waals surface area (Å²) in [6, 6.07) is 5.81. The summed E-state index contributed by atoms with van der Waals surface area (Å²) in [5.41, 5.74) is 2.11. The highest BCUT2D eigenvalue weighted by Gasteiger charge is 2.31. The smallest absolute Gasteiger partial charge is 0.280 e. The Kier molecular flexibility index (Phi) is 3.79. The second kappa shape index (κ2) is 6.40. The van der Waals surface area contributed by atoms with Crippen LogP contribution in [0.2, 0.25) is 5.02 Å². The summed E-state index contributed by atoms with van der Waals surface area (Å²) in [5.74, 6) is 2.29. The number of nitrogens with zero attached hydrogens (tertiary/aromatic N) is 6. The lowest BCUT2D eigenvalue weighted by molar-refractivity contribution is 0.266. The molecule has 1 aromatic carbocycles. The van der Waals surface area contributed by atoms with Crippen LogP contribution in [0.4, 0.5) is 5.82 Å². The Morgan fingerprint density at radius 2 is 2.10 bits per heavy atom. The lowest BCUT2D eigenvalue weighted by atomic mass is 10.2. The Balaban J connectivity index is 1.60. The molecule has 4 aromatic rings. The average molecular weight is 411 g/mol. The van der Waals surface area contributed by atoms with Gasteiger partial charge >= 0.3 is 0 Å². The van der Waals surface area contributed by atoms with E-state index in [9.17, 15) is 5.11 Å². The van der Waals surface area contributed by atoms with Crippen LogP contribution in [0.3, 0.4) is 0 Å². The minimum Gasteiger partial charge on any atom is -0.394 e. The number of aliphatic hydroxyl groups is 1. The van der Waals surface area contributed by atoms with Crippen LogP contribution >= 0.6 is 11.6 Å². The van der Waals surface area contributed by atoms with Gasteiger partial charge in [0, 0.05) is 12.5 Å². The number of fused-ring (bicyclic) bond motifs is 3. The van der Waals surface area contributed by atoms with Gasteiger partial charge in [-0.1, -0.05) is 22.8 Å². The van der Waals surface area contributed by atoms with E-state index in [0.717, 1.165) is 54.8 Å². The van der Waals surface area contributed by atoms with E-state index in [-0.39, 0.29) is 12.6 Å². The molecule has 1 aliphatic carbocycles. The van der Waals surface area contributed by atoms with Crippen molar-refractivity contribution in [3.8, 4) is 11.6 Å². The Bertz CT molecular complexity index is 1230. The number of hydrogen-bond acceptors (Lipinski definition) is 7. The Hall–Kier alpha value is -2.71. The van der Waals surface area contributed by atoms with Gasteiger partial charge in [0.15, 0.2) is 17.2 Å². The summed E-state index contributed by atoms with van der Waals surface area (Å²) in [6.07, 6.45) is 5.85. The Morgan fingerprint density at radius 1 is 1.21 bits per heavy atom. The first-order valence-electron chi connectivity index (χ1n) is 9.91. The molecule has 1 saturated heterocycles. The minimum atomic E-state index is 0.0284. The molecule has 2 aliphatic rings. The standard InChI is InChI=1S/C20H19ClN6O2/c21-13-4-1-5-14-15(13)18(26-8-2-3-12(26)9-28)24-19-16(22-10-27(14)19)20-23-17(25-29-20)11-6-7-11/h1,4-5,10-12,28H,2-3,6-9H2/t12-/m0/s1. The fraction of sp³-hybridized carbons (Fsp3) is 0.400. The van der Waals surface area contributed by atoms with E-state index < -0.39 is 0 Å². The highest BCUT2D eigenvalue weighted by Crippen LogP contribution is 2.40. The second-order valence-corrected chi connectivity index (χ2v) is 8.17. The molecule has 1 aliphatic heterocycles. The van der Waals surface area contributed by atoms with Crippen LogP contribution in [0.25, 0.3) is 28.1 Å². The Labute approximate surface area is 171 Å². The summed E-state index contributed by atoms with van der Waals surface area (Å²) in [5, 5.41) is 15.4. The molecule has 6 rings (SSSR count). The van der Waals surface area contributed by atoms with Crippen LogP contribution in [0.5, 0.6) is 0 Å². The van der Waals surface area contributed by atoms with Crippen molar-refractivity contribution in [3.63, 3.8) is 0 Å². The highest BCUT2D eigenvalue weighted by atomic mass is 35.5. The van der Waals surface area contributed by atoms with Crippen LogP contribution in [0.15, 0.2) is 29.0 Å². The van der Waals surface area contributed by atoms with Crippen molar-refractivity contribution in [1.82, 2.24) is 24.5 Å². The molecule has 1 atom stereocenters. The average Bonchev–Trinajstić information content (AvgIpc) is 3.14. The van der Waals surface area contributed by atoms with E-state index in [4.69, 9.17) is 21.1 Å². The molecule has 29 heavy (non-hydrogen) atoms. The first-order chi connectivity index (χ1) is 14.2. The monoisotopic (exact) mass is 410 g/mol. The third-order valence-electron chi connectivity index (χ3n) is 5.88. The number of aromatic nitrogens is 5. The molecule has 0 unspecified atom stereocenters. The molecule has 0 radical (unpaired) electrons. The largest absolute Gasteiger partial charge is 0.394 e. The fourth-order valence-corrected chi connectivity index (χ4v) is 4.47. The molecular weight excluding hydrogens is 392 g/mol. The molecule has 4 heterocycles. The SMILES string of the molecule is OC[C@@H]1CCCN1c1nc2c(-c3nc(C4CC4)no3)ncn2c2cccc(Cl)c12. The van der Waals surface area contributed by atoms with Gasteiger partial charge in [0.1, 0.15) is 12.1 Å². The lowest BCUT2D eigenvalue weighted by Crippen LogP contribution is -2.33. The number of aliphatic hydroxyl groups excluding tert-OH is 1. The van der Waals surface area contributed by atoms with Gasteiger partial charge in [0.05, 0.1) is 28.6 Å². The first-order valence-corrected chi connectivity index (χ1v) is 10.3. The Morgan fingerprint density at radius 3 is 2.93 bits per heavy atom. The van der Waals surface area contributed by atoms with Gasteiger partial charge in [0.25, 0.3) is 5.89 Å². The lowest BCUT2D eigenvalue weighted by Gasteiger charge is -2.26. The van der Waals surface area contributed by atoms with Gasteiger partial charge < -0.3 is 14.5 Å². The van der Waals surface area contributed by atoms with Crippen LogP contribution < -0.4 is 4.90 Å². The topological polar surface area (TPSA) is 92.6 Å². The normalized spacial score (nSPS) is 19.7. The molecule has 1 saturated carbocycles. The van der Waals surface area contributed by atoms with Gasteiger partial charge in [-0.2, -0.15) is 4.98 Å². The number of halogens is 1. The molecule has 2 fully saturated rings. The third-order valence-corrected chi connectivity index (χ3v) is 6.19. The number of imidazole rings is 1. The van der Waals surface area contributed by atoms with E-state index in [2.05, 4.69) is 20.0 Å². The van der Waals surface area contributed by atoms with E-state index in [0.29, 0.717) is 28.2 Å². The molecule has 0 bridgehead atoms. The molecule has 3 aromatic heterocycles. The molecular formula is C20H19ClN6O2. The molecule has 9 heteroatoms. The molecule has 0 amide bonds. The van der Waals surface area contributed by atoms with Gasteiger partial charge in [-0.3, -0.25) is 4.40 Å². The van der Waals surface area contributed by atoms with Crippen molar-refractivity contribution in [3.05, 3.63) is 35.4 Å². The summed E-state index contributed by atoms with van der Waals surface area (Å²) < 4.78 is 7.41. The third kappa shape index (κ3) is 2.63. The summed E-state index contributed by atoms with van der Waals surface area (Å²) >= 11 is 6.60. The second-order valence-electron chi connectivity index (χ2n) is 7.76. The number of anilines is 1. The molecule has 1 N–H and O–H groups in total. The van der Waals surface area contributed by atoms with E-state index >= 15 is 0 Å². The van der Waals surface area contributed by atoms with Crippen molar-refractivity contribution in [1.29, 1.82) is 0 Å².